The molecule has 1 aromatic rings. The summed E-state index contributed by atoms with van der Waals surface area (Å²) in [6.07, 6.45) is 0. The predicted octanol–water partition coefficient (Wildman–Crippen LogP) is 2.61. The highest BCUT2D eigenvalue weighted by Crippen LogP contribution is 2.27. The molecule has 14 heavy (non-hydrogen) atoms. The van der Waals surface area contributed by atoms with Crippen molar-refractivity contribution in [3.05, 3.63) is 33.4 Å². The zero-order valence-electron chi connectivity index (χ0n) is 8.53. The monoisotopic (exact) mass is 195 g/mol. The molecule has 0 spiro atoms. The summed E-state index contributed by atoms with van der Waals surface area (Å²) in [7, 11) is 0. The topological polar surface area (TPSA) is 52.4 Å². The number of hydrogen-bond donors (Lipinski definition) is 0. The normalized spacial score (nSPS) is 9.93. The Morgan fingerprint density at radius 2 is 1.86 bits per heavy atom. The van der Waals surface area contributed by atoms with E-state index >= 15 is 0 Å². The summed E-state index contributed by atoms with van der Waals surface area (Å²) < 4.78 is 5.28. The number of hydrogen-bond acceptors (Lipinski definition) is 3. The summed E-state index contributed by atoms with van der Waals surface area (Å²) in [5, 5.41) is 10.7. The third kappa shape index (κ3) is 2.02. The van der Waals surface area contributed by atoms with Crippen molar-refractivity contribution in [3.63, 3.8) is 0 Å². The van der Waals surface area contributed by atoms with Crippen molar-refractivity contribution in [1.29, 1.82) is 0 Å². The highest BCUT2D eigenvalue weighted by molar-refractivity contribution is 5.50. The van der Waals surface area contributed by atoms with Gasteiger partial charge < -0.3 is 4.74 Å². The second-order valence-corrected chi connectivity index (χ2v) is 3.10. The average Bonchev–Trinajstić information content (AvgIpc) is 2.01. The van der Waals surface area contributed by atoms with Crippen LogP contribution in [0.4, 0.5) is 5.69 Å². The number of rotatable bonds is 3. The first-order valence-electron chi connectivity index (χ1n) is 4.44. The van der Waals surface area contributed by atoms with Crippen LogP contribution in [0.1, 0.15) is 18.1 Å². The summed E-state index contributed by atoms with van der Waals surface area (Å²) in [5.41, 5.74) is 1.45. The summed E-state index contributed by atoms with van der Waals surface area (Å²) in [6, 6.07) is 3.38. The zero-order valence-corrected chi connectivity index (χ0v) is 8.53. The van der Waals surface area contributed by atoms with E-state index < -0.39 is 0 Å². The molecule has 4 nitrogen and oxygen atoms in total. The molecule has 0 fully saturated rings. The standard InChI is InChI=1S/C10H13NO3/c1-4-14-9-5-7(2)10(11(12)13)8(3)6-9/h5-6H,4H2,1-3H3. The zero-order chi connectivity index (χ0) is 10.7. The van der Waals surface area contributed by atoms with Crippen LogP contribution in [0.3, 0.4) is 0 Å². The molecular weight excluding hydrogens is 182 g/mol. The van der Waals surface area contributed by atoms with E-state index in [1.807, 2.05) is 6.92 Å². The minimum absolute atomic E-state index is 0.174. The molecule has 1 rings (SSSR count). The van der Waals surface area contributed by atoms with Crippen LogP contribution in [-0.2, 0) is 0 Å². The molecule has 0 radical (unpaired) electrons. The van der Waals surface area contributed by atoms with Crippen molar-refractivity contribution in [1.82, 2.24) is 0 Å². The number of nitrogens with zero attached hydrogens (tertiary/aromatic N) is 1. The smallest absolute Gasteiger partial charge is 0.275 e. The van der Waals surface area contributed by atoms with Gasteiger partial charge in [-0.05, 0) is 32.9 Å². The van der Waals surface area contributed by atoms with Gasteiger partial charge in [0.15, 0.2) is 0 Å². The first kappa shape index (κ1) is 10.5. The quantitative estimate of drug-likeness (QED) is 0.550. The molecule has 0 unspecified atom stereocenters. The van der Waals surface area contributed by atoms with E-state index in [0.29, 0.717) is 23.5 Å². The van der Waals surface area contributed by atoms with Gasteiger partial charge in [0.25, 0.3) is 5.69 Å². The third-order valence-electron chi connectivity index (χ3n) is 1.96. The lowest BCUT2D eigenvalue weighted by molar-refractivity contribution is -0.386. The molecule has 0 aliphatic rings. The SMILES string of the molecule is CCOc1cc(C)c([N+](=O)[O-])c(C)c1. The molecule has 0 bridgehead atoms. The van der Waals surface area contributed by atoms with E-state index in [9.17, 15) is 10.1 Å². The summed E-state index contributed by atoms with van der Waals surface area (Å²) in [5.74, 6) is 0.688. The molecular formula is C10H13NO3. The van der Waals surface area contributed by atoms with Crippen LogP contribution in [0.15, 0.2) is 12.1 Å². The fourth-order valence-corrected chi connectivity index (χ4v) is 1.45. The maximum Gasteiger partial charge on any atom is 0.275 e. The molecule has 0 aliphatic heterocycles. The third-order valence-corrected chi connectivity index (χ3v) is 1.96. The first-order chi connectivity index (χ1) is 6.56. The van der Waals surface area contributed by atoms with E-state index in [-0.39, 0.29) is 10.6 Å². The lowest BCUT2D eigenvalue weighted by atomic mass is 10.1. The number of aryl methyl sites for hydroxylation is 2. The molecule has 1 aromatic carbocycles. The van der Waals surface area contributed by atoms with Gasteiger partial charge in [0, 0.05) is 11.1 Å². The second kappa shape index (κ2) is 4.09. The summed E-state index contributed by atoms with van der Waals surface area (Å²) >= 11 is 0. The number of benzene rings is 1. The Bertz CT molecular complexity index is 337. The average molecular weight is 195 g/mol. The van der Waals surface area contributed by atoms with Crippen molar-refractivity contribution >= 4 is 5.69 Å². The van der Waals surface area contributed by atoms with Gasteiger partial charge >= 0.3 is 0 Å². The number of nitro groups is 1. The second-order valence-electron chi connectivity index (χ2n) is 3.10. The highest BCUT2D eigenvalue weighted by atomic mass is 16.6. The van der Waals surface area contributed by atoms with Crippen LogP contribution < -0.4 is 4.74 Å². The predicted molar refractivity (Wildman–Crippen MR) is 53.7 cm³/mol. The van der Waals surface area contributed by atoms with Crippen LogP contribution in [0.2, 0.25) is 0 Å². The van der Waals surface area contributed by atoms with Crippen LogP contribution >= 0.6 is 0 Å². The van der Waals surface area contributed by atoms with E-state index in [1.165, 1.54) is 0 Å². The van der Waals surface area contributed by atoms with E-state index in [0.717, 1.165) is 0 Å². The number of nitro benzene ring substituents is 1. The lowest BCUT2D eigenvalue weighted by Gasteiger charge is -2.06. The van der Waals surface area contributed by atoms with Crippen molar-refractivity contribution in [2.45, 2.75) is 20.8 Å². The van der Waals surface area contributed by atoms with Gasteiger partial charge in [-0.25, -0.2) is 0 Å². The molecule has 0 aromatic heterocycles. The van der Waals surface area contributed by atoms with Crippen molar-refractivity contribution in [3.8, 4) is 5.75 Å². The Morgan fingerprint density at radius 3 is 2.21 bits per heavy atom. The fourth-order valence-electron chi connectivity index (χ4n) is 1.45. The minimum Gasteiger partial charge on any atom is -0.494 e. The minimum atomic E-state index is -0.361. The molecule has 76 valence electrons. The Morgan fingerprint density at radius 1 is 1.36 bits per heavy atom. The Kier molecular flexibility index (Phi) is 3.06. The Balaban J connectivity index is 3.18. The molecule has 0 amide bonds. The number of ether oxygens (including phenoxy) is 1. The van der Waals surface area contributed by atoms with Gasteiger partial charge in [0.05, 0.1) is 11.5 Å². The summed E-state index contributed by atoms with van der Waals surface area (Å²) in [6.45, 7) is 5.88. The van der Waals surface area contributed by atoms with Crippen LogP contribution in [0.25, 0.3) is 0 Å². The van der Waals surface area contributed by atoms with Crippen molar-refractivity contribution < 1.29 is 9.66 Å². The Labute approximate surface area is 82.7 Å². The molecule has 0 saturated carbocycles. The van der Waals surface area contributed by atoms with E-state index in [2.05, 4.69) is 0 Å². The molecule has 0 aliphatic carbocycles. The van der Waals surface area contributed by atoms with Gasteiger partial charge in [0.1, 0.15) is 5.75 Å². The fraction of sp³-hybridized carbons (Fsp3) is 0.400. The lowest BCUT2D eigenvalue weighted by Crippen LogP contribution is -1.98. The molecule has 0 saturated heterocycles. The molecule has 0 N–H and O–H groups in total. The van der Waals surface area contributed by atoms with Gasteiger partial charge in [0.2, 0.25) is 0 Å². The van der Waals surface area contributed by atoms with Gasteiger partial charge in [-0.15, -0.1) is 0 Å². The van der Waals surface area contributed by atoms with Crippen molar-refractivity contribution in [2.24, 2.45) is 0 Å². The molecule has 0 heterocycles. The van der Waals surface area contributed by atoms with E-state index in [4.69, 9.17) is 4.74 Å². The van der Waals surface area contributed by atoms with Gasteiger partial charge in [-0.1, -0.05) is 0 Å². The van der Waals surface area contributed by atoms with Gasteiger partial charge in [-0.3, -0.25) is 10.1 Å². The van der Waals surface area contributed by atoms with Crippen molar-refractivity contribution in [2.75, 3.05) is 6.61 Å². The molecule has 4 heteroatoms. The van der Waals surface area contributed by atoms with Crippen LogP contribution in [0, 0.1) is 24.0 Å². The van der Waals surface area contributed by atoms with Crippen LogP contribution in [0.5, 0.6) is 5.75 Å². The largest absolute Gasteiger partial charge is 0.494 e. The van der Waals surface area contributed by atoms with Gasteiger partial charge in [-0.2, -0.15) is 0 Å². The molecule has 0 atom stereocenters. The van der Waals surface area contributed by atoms with E-state index in [1.54, 1.807) is 26.0 Å². The maximum atomic E-state index is 10.7. The summed E-state index contributed by atoms with van der Waals surface area (Å²) in [4.78, 5) is 10.3. The first-order valence-corrected chi connectivity index (χ1v) is 4.44. The maximum absolute atomic E-state index is 10.7. The highest BCUT2D eigenvalue weighted by Gasteiger charge is 2.15. The Hall–Kier alpha value is -1.58. The van der Waals surface area contributed by atoms with Crippen LogP contribution in [-0.4, -0.2) is 11.5 Å².